The second-order valence-corrected chi connectivity index (χ2v) is 4.96. The molecule has 0 unspecified atom stereocenters. The predicted molar refractivity (Wildman–Crippen MR) is 85.7 cm³/mol. The summed E-state index contributed by atoms with van der Waals surface area (Å²) < 4.78 is 5.52. The van der Waals surface area contributed by atoms with Crippen LogP contribution in [0.3, 0.4) is 0 Å². The van der Waals surface area contributed by atoms with Gasteiger partial charge in [-0.05, 0) is 36.8 Å². The lowest BCUT2D eigenvalue weighted by atomic mass is 10.2. The van der Waals surface area contributed by atoms with Gasteiger partial charge in [-0.15, -0.1) is 0 Å². The minimum atomic E-state index is -0.0756. The maximum atomic E-state index is 11.8. The van der Waals surface area contributed by atoms with Crippen molar-refractivity contribution in [3.63, 3.8) is 0 Å². The van der Waals surface area contributed by atoms with Crippen molar-refractivity contribution in [2.75, 3.05) is 17.7 Å². The average Bonchev–Trinajstić information content (AvgIpc) is 2.49. The molecular formula is C16H17ClN2O2. The molecule has 0 saturated carbocycles. The molecule has 0 saturated heterocycles. The van der Waals surface area contributed by atoms with Crippen molar-refractivity contribution in [3.05, 3.63) is 53.6 Å². The normalized spacial score (nSPS) is 10.1. The number of anilines is 2. The summed E-state index contributed by atoms with van der Waals surface area (Å²) in [6.45, 7) is 0.500. The van der Waals surface area contributed by atoms with E-state index < -0.39 is 0 Å². The van der Waals surface area contributed by atoms with Gasteiger partial charge in [0.1, 0.15) is 5.75 Å². The molecular weight excluding hydrogens is 288 g/mol. The largest absolute Gasteiger partial charge is 0.494 e. The molecule has 4 nitrogen and oxygen atoms in total. The summed E-state index contributed by atoms with van der Waals surface area (Å²) >= 11 is 5.82. The van der Waals surface area contributed by atoms with Crippen LogP contribution in [0, 0.1) is 0 Å². The second kappa shape index (κ2) is 7.55. The standard InChI is InChI=1S/C16H17ClN2O2/c17-14-9-8-12(11-15(14)18)19-16(20)7-4-10-21-13-5-2-1-3-6-13/h1-3,5-6,8-9,11H,4,7,10,18H2,(H,19,20). The molecule has 2 rings (SSSR count). The molecule has 2 aromatic carbocycles. The molecule has 0 aliphatic carbocycles. The van der Waals surface area contributed by atoms with Gasteiger partial charge in [0, 0.05) is 12.1 Å². The smallest absolute Gasteiger partial charge is 0.224 e. The van der Waals surface area contributed by atoms with Crippen molar-refractivity contribution in [1.29, 1.82) is 0 Å². The summed E-state index contributed by atoms with van der Waals surface area (Å²) in [4.78, 5) is 11.8. The van der Waals surface area contributed by atoms with Gasteiger partial charge in [0.25, 0.3) is 0 Å². The van der Waals surface area contributed by atoms with Crippen LogP contribution in [-0.4, -0.2) is 12.5 Å². The van der Waals surface area contributed by atoms with Crippen LogP contribution in [0.1, 0.15) is 12.8 Å². The molecule has 0 atom stereocenters. The van der Waals surface area contributed by atoms with Gasteiger partial charge in [0.2, 0.25) is 5.91 Å². The van der Waals surface area contributed by atoms with E-state index in [9.17, 15) is 4.79 Å². The molecule has 3 N–H and O–H groups in total. The number of amides is 1. The van der Waals surface area contributed by atoms with Crippen LogP contribution in [0.15, 0.2) is 48.5 Å². The number of halogens is 1. The molecule has 0 bridgehead atoms. The number of para-hydroxylation sites is 1. The van der Waals surface area contributed by atoms with Crippen molar-refractivity contribution in [3.8, 4) is 5.75 Å². The first-order valence-corrected chi connectivity index (χ1v) is 7.05. The Morgan fingerprint density at radius 3 is 2.67 bits per heavy atom. The summed E-state index contributed by atoms with van der Waals surface area (Å²) in [5.41, 5.74) is 6.77. The number of nitrogens with one attached hydrogen (secondary N) is 1. The van der Waals surface area contributed by atoms with Crippen molar-refractivity contribution in [2.24, 2.45) is 0 Å². The topological polar surface area (TPSA) is 64.3 Å². The van der Waals surface area contributed by atoms with E-state index in [1.165, 1.54) is 0 Å². The van der Waals surface area contributed by atoms with Crippen LogP contribution in [-0.2, 0) is 4.79 Å². The van der Waals surface area contributed by atoms with Crippen molar-refractivity contribution < 1.29 is 9.53 Å². The van der Waals surface area contributed by atoms with E-state index in [1.807, 2.05) is 30.3 Å². The molecule has 110 valence electrons. The number of carbonyl (C=O) groups excluding carboxylic acids is 1. The van der Waals surface area contributed by atoms with Gasteiger partial charge in [-0.3, -0.25) is 4.79 Å². The third-order valence-electron chi connectivity index (χ3n) is 2.84. The number of nitrogens with two attached hydrogens (primary N) is 1. The van der Waals surface area contributed by atoms with Gasteiger partial charge in [0.15, 0.2) is 0 Å². The number of carbonyl (C=O) groups is 1. The van der Waals surface area contributed by atoms with Gasteiger partial charge >= 0.3 is 0 Å². The van der Waals surface area contributed by atoms with Gasteiger partial charge < -0.3 is 15.8 Å². The molecule has 0 aliphatic heterocycles. The third kappa shape index (κ3) is 5.00. The Balaban J connectivity index is 1.71. The number of ether oxygens (including phenoxy) is 1. The SMILES string of the molecule is Nc1cc(NC(=O)CCCOc2ccccc2)ccc1Cl. The monoisotopic (exact) mass is 304 g/mol. The number of hydrogen-bond acceptors (Lipinski definition) is 3. The summed E-state index contributed by atoms with van der Waals surface area (Å²) in [5, 5.41) is 3.25. The summed E-state index contributed by atoms with van der Waals surface area (Å²) in [6.07, 6.45) is 1.03. The minimum absolute atomic E-state index is 0.0756. The zero-order valence-electron chi connectivity index (χ0n) is 11.5. The van der Waals surface area contributed by atoms with Crippen LogP contribution in [0.2, 0.25) is 5.02 Å². The van der Waals surface area contributed by atoms with Crippen molar-refractivity contribution in [2.45, 2.75) is 12.8 Å². The van der Waals surface area contributed by atoms with E-state index in [4.69, 9.17) is 22.1 Å². The van der Waals surface area contributed by atoms with Gasteiger partial charge in [0.05, 0.1) is 17.3 Å². The molecule has 0 aromatic heterocycles. The Labute approximate surface area is 128 Å². The molecule has 0 radical (unpaired) electrons. The number of rotatable bonds is 6. The average molecular weight is 305 g/mol. The maximum absolute atomic E-state index is 11.8. The molecule has 0 spiro atoms. The fourth-order valence-electron chi connectivity index (χ4n) is 1.78. The number of benzene rings is 2. The Kier molecular flexibility index (Phi) is 5.46. The van der Waals surface area contributed by atoms with E-state index in [0.717, 1.165) is 5.75 Å². The number of hydrogen-bond donors (Lipinski definition) is 2. The summed E-state index contributed by atoms with van der Waals surface area (Å²) in [5.74, 6) is 0.733. The summed E-state index contributed by atoms with van der Waals surface area (Å²) in [6, 6.07) is 14.5. The van der Waals surface area contributed by atoms with Crippen molar-refractivity contribution >= 4 is 28.9 Å². The zero-order chi connectivity index (χ0) is 15.1. The lowest BCUT2D eigenvalue weighted by molar-refractivity contribution is -0.116. The highest BCUT2D eigenvalue weighted by molar-refractivity contribution is 6.33. The maximum Gasteiger partial charge on any atom is 0.224 e. The molecule has 1 amide bonds. The molecule has 5 heteroatoms. The van der Waals surface area contributed by atoms with Gasteiger partial charge in [-0.25, -0.2) is 0 Å². The number of nitrogen functional groups attached to an aromatic ring is 1. The Bertz CT molecular complexity index is 602. The Morgan fingerprint density at radius 2 is 1.95 bits per heavy atom. The van der Waals surface area contributed by atoms with Crippen LogP contribution in [0.4, 0.5) is 11.4 Å². The predicted octanol–water partition coefficient (Wildman–Crippen LogP) is 3.72. The third-order valence-corrected chi connectivity index (χ3v) is 3.18. The molecule has 0 fully saturated rings. The van der Waals surface area contributed by atoms with Crippen LogP contribution < -0.4 is 15.8 Å². The molecule has 0 heterocycles. The van der Waals surface area contributed by atoms with E-state index in [-0.39, 0.29) is 5.91 Å². The fourth-order valence-corrected chi connectivity index (χ4v) is 1.90. The van der Waals surface area contributed by atoms with Gasteiger partial charge in [-0.2, -0.15) is 0 Å². The second-order valence-electron chi connectivity index (χ2n) is 4.55. The first-order chi connectivity index (χ1) is 10.1. The lowest BCUT2D eigenvalue weighted by Gasteiger charge is -2.08. The van der Waals surface area contributed by atoms with Crippen molar-refractivity contribution in [1.82, 2.24) is 0 Å². The highest BCUT2D eigenvalue weighted by Crippen LogP contribution is 2.22. The van der Waals surface area contributed by atoms with Crippen LogP contribution in [0.5, 0.6) is 5.75 Å². The Hall–Kier alpha value is -2.20. The van der Waals surface area contributed by atoms with E-state index >= 15 is 0 Å². The van der Waals surface area contributed by atoms with Crippen LogP contribution >= 0.6 is 11.6 Å². The van der Waals surface area contributed by atoms with E-state index in [0.29, 0.717) is 35.8 Å². The first kappa shape index (κ1) is 15.2. The Morgan fingerprint density at radius 1 is 1.19 bits per heavy atom. The molecule has 0 aliphatic rings. The fraction of sp³-hybridized carbons (Fsp3) is 0.188. The van der Waals surface area contributed by atoms with Crippen LogP contribution in [0.25, 0.3) is 0 Å². The van der Waals surface area contributed by atoms with E-state index in [1.54, 1.807) is 18.2 Å². The minimum Gasteiger partial charge on any atom is -0.494 e. The van der Waals surface area contributed by atoms with E-state index in [2.05, 4.69) is 5.32 Å². The zero-order valence-corrected chi connectivity index (χ0v) is 12.3. The van der Waals surface area contributed by atoms with Gasteiger partial charge in [-0.1, -0.05) is 29.8 Å². The molecule has 21 heavy (non-hydrogen) atoms. The highest BCUT2D eigenvalue weighted by Gasteiger charge is 2.04. The highest BCUT2D eigenvalue weighted by atomic mass is 35.5. The first-order valence-electron chi connectivity index (χ1n) is 6.68. The lowest BCUT2D eigenvalue weighted by Crippen LogP contribution is -2.13. The quantitative estimate of drug-likeness (QED) is 0.631. The molecule has 2 aromatic rings. The summed E-state index contributed by atoms with van der Waals surface area (Å²) in [7, 11) is 0.